The molecule has 0 aliphatic carbocycles. The summed E-state index contributed by atoms with van der Waals surface area (Å²) in [6.07, 6.45) is -4.53. The number of amides is 1. The first-order chi connectivity index (χ1) is 12.2. The highest BCUT2D eigenvalue weighted by atomic mass is 79.9. The molecule has 1 amide bonds. The molecule has 2 aromatic carbocycles. The van der Waals surface area contributed by atoms with Gasteiger partial charge in [0.15, 0.2) is 0 Å². The lowest BCUT2D eigenvalue weighted by Crippen LogP contribution is -2.30. The Kier molecular flexibility index (Phi) is 6.66. The molecule has 0 aliphatic heterocycles. The molecule has 8 heteroatoms. The van der Waals surface area contributed by atoms with Crippen molar-refractivity contribution in [2.45, 2.75) is 19.1 Å². The van der Waals surface area contributed by atoms with Crippen LogP contribution in [0.3, 0.4) is 0 Å². The zero-order valence-electron chi connectivity index (χ0n) is 14.2. The molecular formula is C18H18BrF3N2O2. The number of ether oxygens (including phenoxy) is 1. The highest BCUT2D eigenvalue weighted by molar-refractivity contribution is 9.10. The maximum atomic E-state index is 13.0. The summed E-state index contributed by atoms with van der Waals surface area (Å²) in [5.74, 6) is 0.128. The van der Waals surface area contributed by atoms with E-state index >= 15 is 0 Å². The molecule has 0 spiro atoms. The van der Waals surface area contributed by atoms with Crippen molar-refractivity contribution < 1.29 is 22.7 Å². The number of nitrogens with one attached hydrogen (secondary N) is 2. The van der Waals surface area contributed by atoms with Crippen LogP contribution in [0, 0.1) is 0 Å². The molecule has 0 fully saturated rings. The van der Waals surface area contributed by atoms with Crippen LogP contribution in [0.15, 0.2) is 46.9 Å². The summed E-state index contributed by atoms with van der Waals surface area (Å²) in [6, 6.07) is 10.2. The third-order valence-electron chi connectivity index (χ3n) is 3.75. The van der Waals surface area contributed by atoms with Gasteiger partial charge in [0, 0.05) is 6.04 Å². The quantitative estimate of drug-likeness (QED) is 0.693. The lowest BCUT2D eigenvalue weighted by atomic mass is 10.1. The van der Waals surface area contributed by atoms with Gasteiger partial charge in [-0.05, 0) is 52.7 Å². The number of anilines is 1. The van der Waals surface area contributed by atoms with Gasteiger partial charge >= 0.3 is 6.18 Å². The number of hydrogen-bond donors (Lipinski definition) is 2. The van der Waals surface area contributed by atoms with E-state index in [1.165, 1.54) is 18.2 Å². The maximum Gasteiger partial charge on any atom is 0.418 e. The maximum absolute atomic E-state index is 13.0. The molecule has 26 heavy (non-hydrogen) atoms. The molecule has 4 nitrogen and oxygen atoms in total. The fraction of sp³-hybridized carbons (Fsp3) is 0.278. The fourth-order valence-corrected chi connectivity index (χ4v) is 2.91. The second kappa shape index (κ2) is 8.55. The zero-order chi connectivity index (χ0) is 19.3. The third-order valence-corrected chi connectivity index (χ3v) is 4.37. The average molecular weight is 431 g/mol. The highest BCUT2D eigenvalue weighted by Gasteiger charge is 2.33. The van der Waals surface area contributed by atoms with Gasteiger partial charge in [0.2, 0.25) is 5.91 Å². The standard InChI is InChI=1S/C18H18BrF3N2O2/c1-11(12-7-8-16(26-2)14(19)9-12)23-10-17(25)24-15-6-4-3-5-13(15)18(20,21)22/h3-9,11,23H,10H2,1-2H3,(H,24,25). The van der Waals surface area contributed by atoms with Crippen LogP contribution >= 0.6 is 15.9 Å². The number of para-hydroxylation sites is 1. The van der Waals surface area contributed by atoms with Crippen LogP contribution in [0.1, 0.15) is 24.1 Å². The topological polar surface area (TPSA) is 50.4 Å². The molecule has 0 saturated carbocycles. The lowest BCUT2D eigenvalue weighted by molar-refractivity contribution is -0.137. The van der Waals surface area contributed by atoms with Crippen LogP contribution < -0.4 is 15.4 Å². The van der Waals surface area contributed by atoms with Gasteiger partial charge in [0.25, 0.3) is 0 Å². The Hall–Kier alpha value is -2.06. The number of carbonyl (C=O) groups is 1. The normalized spacial score (nSPS) is 12.5. The fourth-order valence-electron chi connectivity index (χ4n) is 2.35. The van der Waals surface area contributed by atoms with Crippen molar-refractivity contribution in [3.8, 4) is 5.75 Å². The Morgan fingerprint density at radius 2 is 1.92 bits per heavy atom. The second-order valence-electron chi connectivity index (χ2n) is 5.59. The van der Waals surface area contributed by atoms with E-state index in [1.807, 2.05) is 19.1 Å². The van der Waals surface area contributed by atoms with Gasteiger partial charge in [-0.25, -0.2) is 0 Å². The van der Waals surface area contributed by atoms with E-state index in [4.69, 9.17) is 4.74 Å². The van der Waals surface area contributed by atoms with Gasteiger partial charge < -0.3 is 15.4 Å². The molecule has 0 radical (unpaired) electrons. The minimum absolute atomic E-state index is 0.128. The number of alkyl halides is 3. The summed E-state index contributed by atoms with van der Waals surface area (Å²) in [6.45, 7) is 1.72. The zero-order valence-corrected chi connectivity index (χ0v) is 15.7. The van der Waals surface area contributed by atoms with E-state index in [-0.39, 0.29) is 18.3 Å². The summed E-state index contributed by atoms with van der Waals surface area (Å²) >= 11 is 3.39. The van der Waals surface area contributed by atoms with E-state index in [2.05, 4.69) is 26.6 Å². The van der Waals surface area contributed by atoms with E-state index in [0.717, 1.165) is 16.1 Å². The van der Waals surface area contributed by atoms with Gasteiger partial charge in [-0.15, -0.1) is 0 Å². The Morgan fingerprint density at radius 3 is 2.54 bits per heavy atom. The Morgan fingerprint density at radius 1 is 1.23 bits per heavy atom. The molecule has 2 N–H and O–H groups in total. The molecule has 1 unspecified atom stereocenters. The summed E-state index contributed by atoms with van der Waals surface area (Å²) in [4.78, 5) is 12.0. The van der Waals surface area contributed by atoms with Crippen molar-refractivity contribution in [1.29, 1.82) is 0 Å². The summed E-state index contributed by atoms with van der Waals surface area (Å²) in [5.41, 5.74) is -0.228. The van der Waals surface area contributed by atoms with E-state index < -0.39 is 17.6 Å². The average Bonchev–Trinajstić information content (AvgIpc) is 2.59. The minimum Gasteiger partial charge on any atom is -0.496 e. The van der Waals surface area contributed by atoms with Gasteiger partial charge in [-0.3, -0.25) is 4.79 Å². The van der Waals surface area contributed by atoms with Gasteiger partial charge in [0.1, 0.15) is 5.75 Å². The number of benzene rings is 2. The predicted molar refractivity (Wildman–Crippen MR) is 97.2 cm³/mol. The summed E-state index contributed by atoms with van der Waals surface area (Å²) < 4.78 is 44.8. The number of halogens is 4. The number of methoxy groups -OCH3 is 1. The Labute approximate surface area is 157 Å². The second-order valence-corrected chi connectivity index (χ2v) is 6.44. The number of rotatable bonds is 6. The van der Waals surface area contributed by atoms with Gasteiger partial charge in [-0.1, -0.05) is 18.2 Å². The van der Waals surface area contributed by atoms with Crippen molar-refractivity contribution in [3.05, 3.63) is 58.1 Å². The third kappa shape index (κ3) is 5.22. The molecule has 0 heterocycles. The van der Waals surface area contributed by atoms with Crippen LogP contribution in [-0.2, 0) is 11.0 Å². The summed E-state index contributed by atoms with van der Waals surface area (Å²) in [5, 5.41) is 5.29. The van der Waals surface area contributed by atoms with Crippen LogP contribution in [0.5, 0.6) is 5.75 Å². The monoisotopic (exact) mass is 430 g/mol. The van der Waals surface area contributed by atoms with E-state index in [1.54, 1.807) is 13.2 Å². The van der Waals surface area contributed by atoms with Crippen LogP contribution in [0.2, 0.25) is 0 Å². The first kappa shape index (κ1) is 20.3. The van der Waals surface area contributed by atoms with Crippen LogP contribution in [-0.4, -0.2) is 19.6 Å². The largest absolute Gasteiger partial charge is 0.496 e. The van der Waals surface area contributed by atoms with Crippen molar-refractivity contribution in [2.75, 3.05) is 19.0 Å². The Bertz CT molecular complexity index is 781. The summed E-state index contributed by atoms with van der Waals surface area (Å²) in [7, 11) is 1.56. The minimum atomic E-state index is -4.53. The van der Waals surface area contributed by atoms with E-state index in [9.17, 15) is 18.0 Å². The smallest absolute Gasteiger partial charge is 0.418 e. The van der Waals surface area contributed by atoms with Crippen molar-refractivity contribution >= 4 is 27.5 Å². The highest BCUT2D eigenvalue weighted by Crippen LogP contribution is 2.34. The van der Waals surface area contributed by atoms with Crippen molar-refractivity contribution in [2.24, 2.45) is 0 Å². The molecule has 2 rings (SSSR count). The first-order valence-electron chi connectivity index (χ1n) is 7.75. The van der Waals surface area contributed by atoms with Crippen LogP contribution in [0.4, 0.5) is 18.9 Å². The predicted octanol–water partition coefficient (Wildman–Crippen LogP) is 4.77. The molecule has 0 aliphatic rings. The lowest BCUT2D eigenvalue weighted by Gasteiger charge is -2.17. The SMILES string of the molecule is COc1ccc(C(C)NCC(=O)Nc2ccccc2C(F)(F)F)cc1Br. The molecule has 0 aromatic heterocycles. The molecule has 1 atom stereocenters. The first-order valence-corrected chi connectivity index (χ1v) is 8.54. The van der Waals surface area contributed by atoms with E-state index in [0.29, 0.717) is 5.75 Å². The number of hydrogen-bond acceptors (Lipinski definition) is 3. The molecule has 0 bridgehead atoms. The van der Waals surface area contributed by atoms with Gasteiger partial charge in [0.05, 0.1) is 29.4 Å². The molecular weight excluding hydrogens is 413 g/mol. The van der Waals surface area contributed by atoms with Gasteiger partial charge in [-0.2, -0.15) is 13.2 Å². The van der Waals surface area contributed by atoms with Crippen molar-refractivity contribution in [1.82, 2.24) is 5.32 Å². The van der Waals surface area contributed by atoms with Crippen molar-refractivity contribution in [3.63, 3.8) is 0 Å². The molecule has 2 aromatic rings. The molecule has 140 valence electrons. The van der Waals surface area contributed by atoms with Crippen LogP contribution in [0.25, 0.3) is 0 Å². The Balaban J connectivity index is 1.98. The number of carbonyl (C=O) groups excluding carboxylic acids is 1. The molecule has 0 saturated heterocycles.